The Morgan fingerprint density at radius 1 is 1.06 bits per heavy atom. The van der Waals surface area contributed by atoms with E-state index in [0.717, 1.165) is 74.9 Å². The minimum Gasteiger partial charge on any atom is -0.391 e. The van der Waals surface area contributed by atoms with Crippen molar-refractivity contribution in [1.82, 2.24) is 14.9 Å². The summed E-state index contributed by atoms with van der Waals surface area (Å²) in [6.45, 7) is 8.98. The number of aryl methyl sites for hydroxylation is 1. The molecule has 31 heavy (non-hydrogen) atoms. The fourth-order valence-corrected chi connectivity index (χ4v) is 5.71. The molecule has 1 N–H and O–H groups in total. The molecular weight excluding hydrogens is 406 g/mol. The summed E-state index contributed by atoms with van der Waals surface area (Å²) >= 11 is 1.71. The zero-order valence-electron chi connectivity index (χ0n) is 18.2. The van der Waals surface area contributed by atoms with Gasteiger partial charge in [0.15, 0.2) is 5.13 Å². The summed E-state index contributed by atoms with van der Waals surface area (Å²) < 4.78 is 0. The second kappa shape index (κ2) is 9.10. The molecule has 164 valence electrons. The molecule has 2 saturated heterocycles. The number of β-amino-alcohol motifs (C(OH)–C–C–N with tert-alkyl or cyclic N) is 1. The Labute approximate surface area is 188 Å². The lowest BCUT2D eigenvalue weighted by molar-refractivity contribution is 0.154. The molecule has 0 unspecified atom stereocenters. The van der Waals surface area contributed by atoms with Gasteiger partial charge in [-0.3, -0.25) is 9.88 Å². The predicted octanol–water partition coefficient (Wildman–Crippen LogP) is 3.67. The van der Waals surface area contributed by atoms with E-state index in [1.165, 1.54) is 16.6 Å². The topological polar surface area (TPSA) is 55.7 Å². The van der Waals surface area contributed by atoms with Crippen molar-refractivity contribution >= 4 is 33.1 Å². The Morgan fingerprint density at radius 2 is 1.97 bits per heavy atom. The Kier molecular flexibility index (Phi) is 6.07. The monoisotopic (exact) mass is 437 g/mol. The van der Waals surface area contributed by atoms with Crippen molar-refractivity contribution in [2.45, 2.75) is 38.8 Å². The van der Waals surface area contributed by atoms with Gasteiger partial charge in [-0.15, -0.1) is 11.3 Å². The number of aliphatic hydroxyl groups is 1. The lowest BCUT2D eigenvalue weighted by Crippen LogP contribution is -2.38. The van der Waals surface area contributed by atoms with Crippen molar-refractivity contribution in [3.8, 4) is 0 Å². The summed E-state index contributed by atoms with van der Waals surface area (Å²) in [7, 11) is 0. The summed E-state index contributed by atoms with van der Waals surface area (Å²) in [6, 6.07) is 8.55. The van der Waals surface area contributed by atoms with E-state index >= 15 is 0 Å². The third-order valence-electron chi connectivity index (χ3n) is 6.45. The maximum absolute atomic E-state index is 9.96. The molecule has 7 heteroatoms. The van der Waals surface area contributed by atoms with Crippen LogP contribution < -0.4 is 9.80 Å². The van der Waals surface area contributed by atoms with Crippen LogP contribution in [0.5, 0.6) is 0 Å². The summed E-state index contributed by atoms with van der Waals surface area (Å²) in [5.41, 5.74) is 4.85. The molecule has 3 aromatic rings. The molecule has 0 bridgehead atoms. The van der Waals surface area contributed by atoms with Gasteiger partial charge in [-0.05, 0) is 37.8 Å². The van der Waals surface area contributed by atoms with Crippen LogP contribution in [0.3, 0.4) is 0 Å². The van der Waals surface area contributed by atoms with Gasteiger partial charge in [0.25, 0.3) is 0 Å². The molecule has 0 aliphatic carbocycles. The summed E-state index contributed by atoms with van der Waals surface area (Å²) in [5, 5.41) is 14.4. The van der Waals surface area contributed by atoms with Crippen molar-refractivity contribution in [2.75, 3.05) is 49.1 Å². The van der Waals surface area contributed by atoms with Crippen molar-refractivity contribution in [2.24, 2.45) is 0 Å². The van der Waals surface area contributed by atoms with E-state index in [1.54, 1.807) is 11.3 Å². The molecule has 1 atom stereocenters. The molecule has 6 nitrogen and oxygen atoms in total. The zero-order chi connectivity index (χ0) is 21.2. The second-order valence-corrected chi connectivity index (χ2v) is 9.62. The summed E-state index contributed by atoms with van der Waals surface area (Å²) in [6.07, 6.45) is 4.77. The van der Waals surface area contributed by atoms with Gasteiger partial charge in [0.2, 0.25) is 0 Å². The zero-order valence-corrected chi connectivity index (χ0v) is 19.0. The van der Waals surface area contributed by atoms with Crippen LogP contribution in [0.4, 0.5) is 10.8 Å². The average Bonchev–Trinajstić information content (AvgIpc) is 3.13. The highest BCUT2D eigenvalue weighted by Gasteiger charge is 2.22. The van der Waals surface area contributed by atoms with Crippen LogP contribution in [0.2, 0.25) is 0 Å². The Balaban J connectivity index is 1.26. The number of rotatable bonds is 4. The number of hydrogen-bond acceptors (Lipinski definition) is 7. The van der Waals surface area contributed by atoms with E-state index in [9.17, 15) is 5.11 Å². The number of nitrogens with zero attached hydrogens (tertiary/aromatic N) is 5. The highest BCUT2D eigenvalue weighted by atomic mass is 32.1. The fraction of sp³-hybridized carbons (Fsp3) is 0.500. The predicted molar refractivity (Wildman–Crippen MR) is 128 cm³/mol. The Hall–Kier alpha value is -2.22. The summed E-state index contributed by atoms with van der Waals surface area (Å²) in [5.74, 6) is 0. The third kappa shape index (κ3) is 4.54. The quantitative estimate of drug-likeness (QED) is 0.672. The van der Waals surface area contributed by atoms with Crippen molar-refractivity contribution in [1.29, 1.82) is 0 Å². The molecule has 0 spiro atoms. The van der Waals surface area contributed by atoms with E-state index in [0.29, 0.717) is 6.54 Å². The molecule has 1 aromatic carbocycles. The number of pyridine rings is 1. The van der Waals surface area contributed by atoms with Crippen molar-refractivity contribution < 1.29 is 5.11 Å². The van der Waals surface area contributed by atoms with Crippen LogP contribution in [-0.4, -0.2) is 65.3 Å². The van der Waals surface area contributed by atoms with Gasteiger partial charge in [-0.2, -0.15) is 0 Å². The highest BCUT2D eigenvalue weighted by Crippen LogP contribution is 2.30. The fourth-order valence-electron chi connectivity index (χ4n) is 4.85. The van der Waals surface area contributed by atoms with E-state index in [1.807, 2.05) is 12.3 Å². The molecular formula is C24H31N5OS. The van der Waals surface area contributed by atoms with Crippen LogP contribution in [-0.2, 0) is 6.54 Å². The minimum absolute atomic E-state index is 0.218. The summed E-state index contributed by atoms with van der Waals surface area (Å²) in [4.78, 5) is 16.9. The SMILES string of the molecule is Cc1ccc2cccnc2c1N1CCCN(Cc2csc(N3CCC[C@H](O)C3)n2)CC1. The van der Waals surface area contributed by atoms with Crippen molar-refractivity contribution in [3.05, 3.63) is 47.1 Å². The van der Waals surface area contributed by atoms with Crippen LogP contribution in [0.25, 0.3) is 10.9 Å². The third-order valence-corrected chi connectivity index (χ3v) is 7.40. The van der Waals surface area contributed by atoms with Crippen LogP contribution in [0.15, 0.2) is 35.8 Å². The maximum Gasteiger partial charge on any atom is 0.185 e. The smallest absolute Gasteiger partial charge is 0.185 e. The van der Waals surface area contributed by atoms with E-state index in [4.69, 9.17) is 9.97 Å². The molecule has 0 radical (unpaired) electrons. The maximum atomic E-state index is 9.96. The number of piperidine rings is 1. The molecule has 2 aliphatic heterocycles. The van der Waals surface area contributed by atoms with Crippen LogP contribution >= 0.6 is 11.3 Å². The number of hydrogen-bond donors (Lipinski definition) is 1. The van der Waals surface area contributed by atoms with Gasteiger partial charge < -0.3 is 14.9 Å². The number of aliphatic hydroxyl groups excluding tert-OH is 1. The normalized spacial score (nSPS) is 20.9. The molecule has 2 aliphatic rings. The lowest BCUT2D eigenvalue weighted by Gasteiger charge is -2.29. The van der Waals surface area contributed by atoms with Crippen LogP contribution in [0, 0.1) is 6.92 Å². The Morgan fingerprint density at radius 3 is 2.87 bits per heavy atom. The van der Waals surface area contributed by atoms with E-state index < -0.39 is 0 Å². The first kappa shape index (κ1) is 20.7. The first-order valence-corrected chi connectivity index (χ1v) is 12.2. The molecule has 2 fully saturated rings. The lowest BCUT2D eigenvalue weighted by atomic mass is 10.1. The first-order valence-electron chi connectivity index (χ1n) is 11.4. The molecule has 4 heterocycles. The van der Waals surface area contributed by atoms with Gasteiger partial charge in [0, 0.05) is 62.8 Å². The van der Waals surface area contributed by atoms with Gasteiger partial charge in [-0.25, -0.2) is 4.98 Å². The largest absolute Gasteiger partial charge is 0.391 e. The highest BCUT2D eigenvalue weighted by molar-refractivity contribution is 7.13. The number of fused-ring (bicyclic) bond motifs is 1. The molecule has 2 aromatic heterocycles. The van der Waals surface area contributed by atoms with Crippen LogP contribution in [0.1, 0.15) is 30.5 Å². The van der Waals surface area contributed by atoms with Gasteiger partial charge in [0.1, 0.15) is 0 Å². The second-order valence-electron chi connectivity index (χ2n) is 8.79. The van der Waals surface area contributed by atoms with Gasteiger partial charge in [-0.1, -0.05) is 18.2 Å². The molecule has 0 amide bonds. The molecule has 5 rings (SSSR count). The van der Waals surface area contributed by atoms with E-state index in [2.05, 4.69) is 45.2 Å². The minimum atomic E-state index is -0.218. The van der Waals surface area contributed by atoms with Gasteiger partial charge in [0.05, 0.1) is 23.0 Å². The van der Waals surface area contributed by atoms with Crippen molar-refractivity contribution in [3.63, 3.8) is 0 Å². The Bertz CT molecular complexity index is 1040. The average molecular weight is 438 g/mol. The van der Waals surface area contributed by atoms with E-state index in [-0.39, 0.29) is 6.10 Å². The standard InChI is InChI=1S/C24H31N5OS/c1-18-7-8-19-5-2-9-25-22(19)23(18)28-12-4-10-27(13-14-28)15-20-17-31-24(26-20)29-11-3-6-21(30)16-29/h2,5,7-9,17,21,30H,3-4,6,10-16H2,1H3/t21-/m0/s1. The number of anilines is 2. The number of benzene rings is 1. The molecule has 0 saturated carbocycles. The first-order chi connectivity index (χ1) is 15.2. The number of aromatic nitrogens is 2. The van der Waals surface area contributed by atoms with Gasteiger partial charge >= 0.3 is 0 Å². The number of thiazole rings is 1.